The Bertz CT molecular complexity index is 171. The number of hydrogen-bond donors (Lipinski definition) is 1. The molecule has 1 heterocycles. The topological polar surface area (TPSA) is 38.3 Å². The molecule has 1 aliphatic heterocycles. The third-order valence-electron chi connectivity index (χ3n) is 2.45. The summed E-state index contributed by atoms with van der Waals surface area (Å²) in [5.41, 5.74) is 0. The summed E-state index contributed by atoms with van der Waals surface area (Å²) in [4.78, 5) is 11.5. The smallest absolute Gasteiger partial charge is 0.225 e. The Hall–Kier alpha value is -0.570. The number of nitrogens with one attached hydrogen (secondary N) is 1. The Kier molecular flexibility index (Phi) is 2.30. The molecule has 0 radical (unpaired) electrons. The lowest BCUT2D eigenvalue weighted by Gasteiger charge is -2.20. The summed E-state index contributed by atoms with van der Waals surface area (Å²) < 4.78 is 5.24. The van der Waals surface area contributed by atoms with Gasteiger partial charge in [0.1, 0.15) is 0 Å². The summed E-state index contributed by atoms with van der Waals surface area (Å²) in [6, 6.07) is 0.486. The van der Waals surface area contributed by atoms with Gasteiger partial charge in [0.2, 0.25) is 5.91 Å². The van der Waals surface area contributed by atoms with E-state index in [1.165, 1.54) is 12.8 Å². The van der Waals surface area contributed by atoms with Gasteiger partial charge in [-0.3, -0.25) is 4.79 Å². The molecule has 2 aliphatic rings. The van der Waals surface area contributed by atoms with E-state index in [2.05, 4.69) is 5.32 Å². The van der Waals surface area contributed by atoms with Crippen LogP contribution in [0.5, 0.6) is 0 Å². The van der Waals surface area contributed by atoms with Gasteiger partial charge in [-0.05, 0) is 25.7 Å². The van der Waals surface area contributed by atoms with E-state index in [1.807, 2.05) is 0 Å². The molecule has 0 aromatic carbocycles. The first kappa shape index (κ1) is 8.05. The molecule has 0 aromatic heterocycles. The van der Waals surface area contributed by atoms with Gasteiger partial charge >= 0.3 is 0 Å². The van der Waals surface area contributed by atoms with E-state index in [4.69, 9.17) is 4.74 Å². The van der Waals surface area contributed by atoms with Crippen molar-refractivity contribution in [1.82, 2.24) is 5.32 Å². The lowest BCUT2D eigenvalue weighted by molar-refractivity contribution is -0.129. The Morgan fingerprint density at radius 3 is 2.75 bits per heavy atom. The molecule has 1 aliphatic carbocycles. The average Bonchev–Trinajstić information content (AvgIpc) is 2.90. The number of carbonyl (C=O) groups excluding carboxylic acids is 1. The maximum Gasteiger partial charge on any atom is 0.225 e. The fourth-order valence-electron chi connectivity index (χ4n) is 1.49. The predicted octanol–water partition coefficient (Wildman–Crippen LogP) is 0.692. The van der Waals surface area contributed by atoms with Crippen LogP contribution in [0, 0.1) is 5.92 Å². The van der Waals surface area contributed by atoms with Crippen LogP contribution in [-0.4, -0.2) is 25.2 Å². The average molecular weight is 169 g/mol. The van der Waals surface area contributed by atoms with Crippen LogP contribution >= 0.6 is 0 Å². The molecule has 68 valence electrons. The van der Waals surface area contributed by atoms with Crippen LogP contribution in [0.25, 0.3) is 0 Å². The van der Waals surface area contributed by atoms with Crippen molar-refractivity contribution in [3.8, 4) is 0 Å². The second-order valence-electron chi connectivity index (χ2n) is 3.70. The first-order chi connectivity index (χ1) is 5.86. The van der Waals surface area contributed by atoms with Gasteiger partial charge in [0.05, 0.1) is 12.5 Å². The van der Waals surface area contributed by atoms with Gasteiger partial charge in [-0.25, -0.2) is 0 Å². The molecule has 1 amide bonds. The van der Waals surface area contributed by atoms with Gasteiger partial charge in [-0.15, -0.1) is 0 Å². The molecule has 12 heavy (non-hydrogen) atoms. The van der Waals surface area contributed by atoms with Crippen molar-refractivity contribution in [1.29, 1.82) is 0 Å². The monoisotopic (exact) mass is 169 g/mol. The Labute approximate surface area is 72.5 Å². The second-order valence-corrected chi connectivity index (χ2v) is 3.70. The minimum absolute atomic E-state index is 0.124. The highest BCUT2D eigenvalue weighted by Gasteiger charge is 2.28. The third kappa shape index (κ3) is 1.97. The van der Waals surface area contributed by atoms with Crippen molar-refractivity contribution in [2.75, 3.05) is 13.2 Å². The predicted molar refractivity (Wildman–Crippen MR) is 44.7 cm³/mol. The molecule has 0 aromatic rings. The highest BCUT2D eigenvalue weighted by molar-refractivity contribution is 5.79. The van der Waals surface area contributed by atoms with Crippen molar-refractivity contribution in [2.24, 2.45) is 5.92 Å². The van der Waals surface area contributed by atoms with Crippen molar-refractivity contribution >= 4 is 5.91 Å². The molecular formula is C9H15NO2. The molecule has 3 nitrogen and oxygen atoms in total. The lowest BCUT2D eigenvalue weighted by atomic mass is 10.0. The Balaban J connectivity index is 1.76. The largest absolute Gasteiger partial charge is 0.381 e. The van der Waals surface area contributed by atoms with E-state index < -0.39 is 0 Å². The molecular weight excluding hydrogens is 154 g/mol. The van der Waals surface area contributed by atoms with Crippen LogP contribution in [0.4, 0.5) is 0 Å². The molecule has 2 fully saturated rings. The summed E-state index contributed by atoms with van der Waals surface area (Å²) in [5.74, 6) is 0.330. The zero-order valence-corrected chi connectivity index (χ0v) is 7.21. The number of rotatable bonds is 2. The van der Waals surface area contributed by atoms with E-state index >= 15 is 0 Å². The van der Waals surface area contributed by atoms with Crippen molar-refractivity contribution in [3.63, 3.8) is 0 Å². The first-order valence-corrected chi connectivity index (χ1v) is 4.74. The number of carbonyl (C=O) groups is 1. The fraction of sp³-hybridized carbons (Fsp3) is 0.889. The zero-order chi connectivity index (χ0) is 8.39. The molecule has 1 saturated carbocycles. The molecule has 0 bridgehead atoms. The maximum atomic E-state index is 11.5. The molecule has 1 saturated heterocycles. The third-order valence-corrected chi connectivity index (χ3v) is 2.45. The van der Waals surface area contributed by atoms with E-state index in [0.29, 0.717) is 12.6 Å². The standard InChI is InChI=1S/C9H15NO2/c11-9(10-8-3-4-8)7-2-1-5-12-6-7/h7-8H,1-6H2,(H,10,11). The number of amides is 1. The van der Waals surface area contributed by atoms with E-state index in [1.54, 1.807) is 0 Å². The van der Waals surface area contributed by atoms with Crippen LogP contribution in [0.1, 0.15) is 25.7 Å². The van der Waals surface area contributed by atoms with E-state index in [9.17, 15) is 4.79 Å². The summed E-state index contributed by atoms with van der Waals surface area (Å²) in [6.45, 7) is 1.45. The van der Waals surface area contributed by atoms with E-state index in [0.717, 1.165) is 19.4 Å². The second kappa shape index (κ2) is 3.44. The van der Waals surface area contributed by atoms with Crippen molar-refractivity contribution < 1.29 is 9.53 Å². The first-order valence-electron chi connectivity index (χ1n) is 4.74. The minimum atomic E-state index is 0.124. The number of hydrogen-bond acceptors (Lipinski definition) is 2. The maximum absolute atomic E-state index is 11.5. The minimum Gasteiger partial charge on any atom is -0.381 e. The summed E-state index contributed by atoms with van der Waals surface area (Å²) in [5, 5.41) is 3.00. The van der Waals surface area contributed by atoms with Gasteiger partial charge in [-0.2, -0.15) is 0 Å². The quantitative estimate of drug-likeness (QED) is 0.660. The molecule has 1 unspecified atom stereocenters. The summed E-state index contributed by atoms with van der Waals surface area (Å²) in [7, 11) is 0. The van der Waals surface area contributed by atoms with Crippen LogP contribution in [0.15, 0.2) is 0 Å². The Morgan fingerprint density at radius 2 is 2.17 bits per heavy atom. The normalized spacial score (nSPS) is 29.8. The van der Waals surface area contributed by atoms with Crippen molar-refractivity contribution in [3.05, 3.63) is 0 Å². The lowest BCUT2D eigenvalue weighted by Crippen LogP contribution is -2.36. The van der Waals surface area contributed by atoms with E-state index in [-0.39, 0.29) is 11.8 Å². The molecule has 1 atom stereocenters. The van der Waals surface area contributed by atoms with Gasteiger partial charge in [0.25, 0.3) is 0 Å². The molecule has 2 rings (SSSR count). The van der Waals surface area contributed by atoms with Crippen LogP contribution in [0.3, 0.4) is 0 Å². The molecule has 3 heteroatoms. The molecule has 0 spiro atoms. The zero-order valence-electron chi connectivity index (χ0n) is 7.21. The summed E-state index contributed by atoms with van der Waals surface area (Å²) in [6.07, 6.45) is 4.36. The highest BCUT2D eigenvalue weighted by Crippen LogP contribution is 2.21. The summed E-state index contributed by atoms with van der Waals surface area (Å²) >= 11 is 0. The van der Waals surface area contributed by atoms with Gasteiger partial charge in [0, 0.05) is 12.6 Å². The fourth-order valence-corrected chi connectivity index (χ4v) is 1.49. The van der Waals surface area contributed by atoms with Crippen LogP contribution < -0.4 is 5.32 Å². The van der Waals surface area contributed by atoms with Gasteiger partial charge < -0.3 is 10.1 Å². The Morgan fingerprint density at radius 1 is 1.33 bits per heavy atom. The molecule has 1 N–H and O–H groups in total. The van der Waals surface area contributed by atoms with Crippen molar-refractivity contribution in [2.45, 2.75) is 31.7 Å². The van der Waals surface area contributed by atoms with Gasteiger partial charge in [0.15, 0.2) is 0 Å². The number of ether oxygens (including phenoxy) is 1. The van der Waals surface area contributed by atoms with Crippen LogP contribution in [-0.2, 0) is 9.53 Å². The highest BCUT2D eigenvalue weighted by atomic mass is 16.5. The van der Waals surface area contributed by atoms with Gasteiger partial charge in [-0.1, -0.05) is 0 Å². The van der Waals surface area contributed by atoms with Crippen LogP contribution in [0.2, 0.25) is 0 Å². The SMILES string of the molecule is O=C(NC1CC1)C1CCCOC1.